The first-order valence-corrected chi connectivity index (χ1v) is 10.5. The molecule has 8 nitrogen and oxygen atoms in total. The van der Waals surface area contributed by atoms with E-state index < -0.39 is 9.84 Å². The Morgan fingerprint density at radius 3 is 2.68 bits per heavy atom. The van der Waals surface area contributed by atoms with Crippen LogP contribution in [0.1, 0.15) is 34.0 Å². The minimum absolute atomic E-state index is 0.107. The Balaban J connectivity index is 2.03. The van der Waals surface area contributed by atoms with E-state index in [1.807, 2.05) is 0 Å². The number of rotatable bonds is 2. The molecule has 4 rings (SSSR count). The summed E-state index contributed by atoms with van der Waals surface area (Å²) in [7, 11) is -1.80. The minimum Gasteiger partial charge on any atom is -0.275 e. The third-order valence-corrected chi connectivity index (χ3v) is 6.97. The van der Waals surface area contributed by atoms with E-state index in [2.05, 4.69) is 5.10 Å². The zero-order valence-corrected chi connectivity index (χ0v) is 16.9. The average molecular weight is 400 g/mol. The van der Waals surface area contributed by atoms with E-state index in [-0.39, 0.29) is 22.1 Å². The number of carbonyl (C=O) groups excluding carboxylic acids is 1. The Labute approximate surface area is 161 Å². The molecule has 3 aromatic rings. The van der Waals surface area contributed by atoms with E-state index in [4.69, 9.17) is 0 Å². The average Bonchev–Trinajstić information content (AvgIpc) is 3.16. The highest BCUT2D eigenvalue weighted by atomic mass is 32.2. The van der Waals surface area contributed by atoms with E-state index in [0.29, 0.717) is 40.1 Å². The van der Waals surface area contributed by atoms with Gasteiger partial charge in [0.2, 0.25) is 0 Å². The SMILES string of the molecule is CCn1c(=O)ccn1C(=O)c1cc(C)c2c(c1C)-c1nn(C)cc1CS2(=O)=O. The van der Waals surface area contributed by atoms with Gasteiger partial charge < -0.3 is 0 Å². The van der Waals surface area contributed by atoms with Gasteiger partial charge in [-0.1, -0.05) is 0 Å². The topological polar surface area (TPSA) is 96.0 Å². The van der Waals surface area contributed by atoms with Gasteiger partial charge in [-0.05, 0) is 38.0 Å². The zero-order chi connectivity index (χ0) is 20.4. The van der Waals surface area contributed by atoms with Crippen molar-refractivity contribution in [3.63, 3.8) is 0 Å². The maximum absolute atomic E-state index is 13.2. The summed E-state index contributed by atoms with van der Waals surface area (Å²) in [5.41, 5.74) is 2.80. The third-order valence-electron chi connectivity index (χ3n) is 5.13. The molecule has 0 atom stereocenters. The quantitative estimate of drug-likeness (QED) is 0.652. The molecular formula is C19H20N4O4S. The highest BCUT2D eigenvalue weighted by Crippen LogP contribution is 2.42. The van der Waals surface area contributed by atoms with Gasteiger partial charge in [0.15, 0.2) is 9.84 Å². The highest BCUT2D eigenvalue weighted by molar-refractivity contribution is 7.91. The van der Waals surface area contributed by atoms with Crippen molar-refractivity contribution in [2.24, 2.45) is 7.05 Å². The van der Waals surface area contributed by atoms with Crippen molar-refractivity contribution >= 4 is 15.7 Å². The normalized spacial score (nSPS) is 14.6. The second-order valence-corrected chi connectivity index (χ2v) is 8.95. The molecule has 2 aromatic heterocycles. The van der Waals surface area contributed by atoms with Crippen LogP contribution in [0.5, 0.6) is 0 Å². The molecule has 0 saturated heterocycles. The first-order chi connectivity index (χ1) is 13.2. The highest BCUT2D eigenvalue weighted by Gasteiger charge is 2.35. The van der Waals surface area contributed by atoms with Gasteiger partial charge in [-0.2, -0.15) is 5.10 Å². The van der Waals surface area contributed by atoms with Crippen molar-refractivity contribution in [1.29, 1.82) is 0 Å². The van der Waals surface area contributed by atoms with Gasteiger partial charge in [0.1, 0.15) is 0 Å². The Morgan fingerprint density at radius 1 is 1.29 bits per heavy atom. The Hall–Kier alpha value is -2.94. The first-order valence-electron chi connectivity index (χ1n) is 8.88. The summed E-state index contributed by atoms with van der Waals surface area (Å²) in [6.07, 6.45) is 3.13. The van der Waals surface area contributed by atoms with Crippen LogP contribution in [0.4, 0.5) is 0 Å². The molecule has 28 heavy (non-hydrogen) atoms. The lowest BCUT2D eigenvalue weighted by Gasteiger charge is -2.22. The van der Waals surface area contributed by atoms with Crippen LogP contribution in [-0.2, 0) is 29.2 Å². The van der Waals surface area contributed by atoms with Gasteiger partial charge in [-0.3, -0.25) is 14.3 Å². The minimum atomic E-state index is -3.54. The molecule has 1 aliphatic heterocycles. The molecule has 1 aliphatic rings. The number of hydrogen-bond acceptors (Lipinski definition) is 5. The van der Waals surface area contributed by atoms with Crippen LogP contribution in [0.3, 0.4) is 0 Å². The van der Waals surface area contributed by atoms with Crippen molar-refractivity contribution < 1.29 is 13.2 Å². The molecule has 0 spiro atoms. The van der Waals surface area contributed by atoms with Crippen molar-refractivity contribution in [2.45, 2.75) is 38.0 Å². The standard InChI is InChI=1S/C19H20N4O4S/c1-5-22-15(24)6-7-23(22)19(25)14-8-11(2)18-16(12(14)3)17-13(9-21(4)20-17)10-28(18,26)27/h6-9H,5,10H2,1-4H3. The van der Waals surface area contributed by atoms with Crippen LogP contribution >= 0.6 is 0 Å². The van der Waals surface area contributed by atoms with Gasteiger partial charge in [0, 0.05) is 48.7 Å². The summed E-state index contributed by atoms with van der Waals surface area (Å²) in [6, 6.07) is 2.93. The van der Waals surface area contributed by atoms with E-state index >= 15 is 0 Å². The smallest absolute Gasteiger partial charge is 0.275 e. The largest absolute Gasteiger partial charge is 0.276 e. The molecular weight excluding hydrogens is 380 g/mol. The van der Waals surface area contributed by atoms with Gasteiger partial charge in [-0.15, -0.1) is 0 Å². The molecule has 1 aromatic carbocycles. The zero-order valence-electron chi connectivity index (χ0n) is 16.1. The van der Waals surface area contributed by atoms with E-state index in [1.165, 1.54) is 21.6 Å². The van der Waals surface area contributed by atoms with Crippen LogP contribution in [0, 0.1) is 13.8 Å². The number of aromatic nitrogens is 4. The first kappa shape index (κ1) is 18.4. The molecule has 0 aliphatic carbocycles. The number of aryl methyl sites for hydroxylation is 2. The second kappa shape index (κ2) is 6.03. The lowest BCUT2D eigenvalue weighted by atomic mass is 9.94. The molecule has 0 radical (unpaired) electrons. The Bertz CT molecular complexity index is 1310. The molecule has 0 unspecified atom stereocenters. The number of nitrogens with zero attached hydrogens (tertiary/aromatic N) is 4. The predicted molar refractivity (Wildman–Crippen MR) is 103 cm³/mol. The summed E-state index contributed by atoms with van der Waals surface area (Å²) in [6.45, 7) is 5.54. The summed E-state index contributed by atoms with van der Waals surface area (Å²) < 4.78 is 30.0. The maximum atomic E-state index is 13.2. The number of fused-ring (bicyclic) bond motifs is 3. The van der Waals surface area contributed by atoms with Gasteiger partial charge in [0.25, 0.3) is 11.5 Å². The molecule has 9 heteroatoms. The fourth-order valence-corrected chi connectivity index (χ4v) is 5.82. The van der Waals surface area contributed by atoms with Crippen LogP contribution in [0.15, 0.2) is 34.2 Å². The van der Waals surface area contributed by atoms with Crippen molar-refractivity contribution in [1.82, 2.24) is 19.1 Å². The van der Waals surface area contributed by atoms with Crippen molar-refractivity contribution in [3.05, 3.63) is 57.1 Å². The van der Waals surface area contributed by atoms with E-state index in [9.17, 15) is 18.0 Å². The monoisotopic (exact) mass is 400 g/mol. The van der Waals surface area contributed by atoms with Gasteiger partial charge in [-0.25, -0.2) is 17.8 Å². The summed E-state index contributed by atoms with van der Waals surface area (Å²) in [5, 5.41) is 4.45. The summed E-state index contributed by atoms with van der Waals surface area (Å²) in [5.74, 6) is -0.489. The van der Waals surface area contributed by atoms with Crippen LogP contribution < -0.4 is 5.56 Å². The second-order valence-electron chi connectivity index (χ2n) is 7.03. The number of carbonyl (C=O) groups is 1. The Morgan fingerprint density at radius 2 is 2.00 bits per heavy atom. The summed E-state index contributed by atoms with van der Waals surface area (Å²) in [4.78, 5) is 25.4. The Kier molecular flexibility index (Phi) is 3.97. The molecule has 0 bridgehead atoms. The fourth-order valence-electron chi connectivity index (χ4n) is 3.95. The van der Waals surface area contributed by atoms with Crippen LogP contribution in [0.2, 0.25) is 0 Å². The van der Waals surface area contributed by atoms with E-state index in [0.717, 1.165) is 0 Å². The van der Waals surface area contributed by atoms with E-state index in [1.54, 1.807) is 44.8 Å². The summed E-state index contributed by atoms with van der Waals surface area (Å²) >= 11 is 0. The third kappa shape index (κ3) is 2.50. The molecule has 3 heterocycles. The predicted octanol–water partition coefficient (Wildman–Crippen LogP) is 1.66. The van der Waals surface area contributed by atoms with Crippen molar-refractivity contribution in [2.75, 3.05) is 0 Å². The number of sulfone groups is 1. The molecule has 0 amide bonds. The maximum Gasteiger partial charge on any atom is 0.276 e. The van der Waals surface area contributed by atoms with Crippen molar-refractivity contribution in [3.8, 4) is 11.3 Å². The molecule has 0 saturated carbocycles. The van der Waals surface area contributed by atoms with Gasteiger partial charge >= 0.3 is 0 Å². The lowest BCUT2D eigenvalue weighted by Crippen LogP contribution is -2.28. The molecule has 0 N–H and O–H groups in total. The van der Waals surface area contributed by atoms with Crippen LogP contribution in [0.25, 0.3) is 11.3 Å². The molecule has 146 valence electrons. The number of hydrogen-bond donors (Lipinski definition) is 0. The lowest BCUT2D eigenvalue weighted by molar-refractivity contribution is 0.0926. The fraction of sp³-hybridized carbons (Fsp3) is 0.316. The number of benzene rings is 1. The molecule has 0 fully saturated rings. The van der Waals surface area contributed by atoms with Crippen LogP contribution in [-0.4, -0.2) is 33.5 Å². The van der Waals surface area contributed by atoms with Gasteiger partial charge in [0.05, 0.1) is 16.3 Å².